The predicted octanol–water partition coefficient (Wildman–Crippen LogP) is 4.25. The van der Waals surface area contributed by atoms with Crippen LogP contribution < -0.4 is 16.0 Å². The molecule has 5 aliphatic rings. The number of hydrogen-bond donors (Lipinski definition) is 3. The molecule has 0 spiro atoms. The van der Waals surface area contributed by atoms with Crippen LogP contribution in [0, 0.1) is 35.4 Å². The highest BCUT2D eigenvalue weighted by Gasteiger charge is 2.53. The number of nitrogens with one attached hydrogen (secondary N) is 3. The molecule has 9 heteroatoms. The Morgan fingerprint density at radius 3 is 2.77 bits per heavy atom. The number of rotatable bonds is 11. The van der Waals surface area contributed by atoms with Gasteiger partial charge >= 0.3 is 12.1 Å². The maximum absolute atomic E-state index is 15.1. The number of nitrogens with zero attached hydrogens (tertiary/aromatic N) is 1. The van der Waals surface area contributed by atoms with Gasteiger partial charge in [-0.15, -0.1) is 0 Å². The highest BCUT2D eigenvalue weighted by molar-refractivity contribution is 5.74. The molecular formula is C30H45FN4O4. The first kappa shape index (κ1) is 28.1. The number of halogens is 1. The standard InChI is InChI=1S/C30H45FN4O4/c1-32-16-24(15-26-23-12-19-11-22(14-23)25(26)13-19)34-29(36)35-8-4-6-20(17-35)28-21(5-3-7-27(28)31)18-38-9-10-39-30(37)33-2/h3,5,7,19-20,22-26,32H,4,6,8-18H2,1-2H3,(H,33,37)(H,34,36)/t19-,20-,22-,23-,24-,25-,26-/m0/s1. The fraction of sp³-hybridized carbons (Fsp3) is 0.733. The molecule has 8 nitrogen and oxygen atoms in total. The van der Waals surface area contributed by atoms with Crippen molar-refractivity contribution in [3.63, 3.8) is 0 Å². The molecule has 1 aromatic carbocycles. The molecular weight excluding hydrogens is 499 g/mol. The van der Waals surface area contributed by atoms with E-state index in [0.29, 0.717) is 18.7 Å². The van der Waals surface area contributed by atoms with Crippen molar-refractivity contribution in [2.75, 3.05) is 46.9 Å². The van der Waals surface area contributed by atoms with E-state index < -0.39 is 6.09 Å². The number of likely N-dealkylation sites (N-methyl/N-ethyl adjacent to an activating group) is 1. The third-order valence-corrected chi connectivity index (χ3v) is 9.76. The Hall–Kier alpha value is -2.39. The van der Waals surface area contributed by atoms with E-state index in [0.717, 1.165) is 61.0 Å². The van der Waals surface area contributed by atoms with E-state index >= 15 is 4.39 Å². The number of likely N-dealkylation sites (tertiary alicyclic amines) is 1. The molecule has 1 aliphatic heterocycles. The van der Waals surface area contributed by atoms with Crippen molar-refractivity contribution >= 4 is 12.1 Å². The number of piperidine rings is 1. The van der Waals surface area contributed by atoms with E-state index in [4.69, 9.17) is 9.47 Å². The highest BCUT2D eigenvalue weighted by Crippen LogP contribution is 2.62. The molecule has 3 amide bonds. The second-order valence-electron chi connectivity index (χ2n) is 12.1. The summed E-state index contributed by atoms with van der Waals surface area (Å²) in [4.78, 5) is 26.5. The Bertz CT molecular complexity index is 1010. The summed E-state index contributed by atoms with van der Waals surface area (Å²) in [5, 5.41) is 9.04. The number of hydrogen-bond acceptors (Lipinski definition) is 5. The van der Waals surface area contributed by atoms with Crippen LogP contribution in [0.1, 0.15) is 62.0 Å². The van der Waals surface area contributed by atoms with E-state index in [2.05, 4.69) is 16.0 Å². The van der Waals surface area contributed by atoms with Gasteiger partial charge in [-0.3, -0.25) is 0 Å². The Morgan fingerprint density at radius 1 is 1.13 bits per heavy atom. The molecule has 6 rings (SSSR count). The summed E-state index contributed by atoms with van der Waals surface area (Å²) in [6.07, 6.45) is 7.83. The lowest BCUT2D eigenvalue weighted by molar-refractivity contribution is 0.0648. The zero-order chi connectivity index (χ0) is 27.4. The number of ether oxygens (including phenoxy) is 2. The van der Waals surface area contributed by atoms with Gasteiger partial charge in [-0.1, -0.05) is 12.1 Å². The van der Waals surface area contributed by atoms with Crippen molar-refractivity contribution in [1.29, 1.82) is 0 Å². The van der Waals surface area contributed by atoms with Crippen LogP contribution in [0.4, 0.5) is 14.0 Å². The van der Waals surface area contributed by atoms with E-state index in [1.165, 1.54) is 38.8 Å². The zero-order valence-corrected chi connectivity index (χ0v) is 23.4. The molecule has 1 aromatic rings. The quantitative estimate of drug-likeness (QED) is 0.363. The van der Waals surface area contributed by atoms with Gasteiger partial charge in [0.15, 0.2) is 0 Å². The number of amides is 3. The van der Waals surface area contributed by atoms with Crippen LogP contribution >= 0.6 is 0 Å². The van der Waals surface area contributed by atoms with Crippen molar-refractivity contribution in [2.24, 2.45) is 29.6 Å². The summed E-state index contributed by atoms with van der Waals surface area (Å²) >= 11 is 0. The molecule has 4 bridgehead atoms. The Labute approximate surface area is 231 Å². The molecule has 3 N–H and O–H groups in total. The van der Waals surface area contributed by atoms with Gasteiger partial charge in [0, 0.05) is 38.6 Å². The van der Waals surface area contributed by atoms with Gasteiger partial charge in [-0.05, 0) is 98.8 Å². The molecule has 4 aliphatic carbocycles. The predicted molar refractivity (Wildman–Crippen MR) is 147 cm³/mol. The summed E-state index contributed by atoms with van der Waals surface area (Å²) < 4.78 is 25.8. The molecule has 1 heterocycles. The summed E-state index contributed by atoms with van der Waals surface area (Å²) in [5.41, 5.74) is 1.41. The van der Waals surface area contributed by atoms with E-state index in [9.17, 15) is 9.59 Å². The monoisotopic (exact) mass is 544 g/mol. The van der Waals surface area contributed by atoms with Crippen LogP contribution in [0.25, 0.3) is 0 Å². The Kier molecular flexibility index (Phi) is 9.28. The van der Waals surface area contributed by atoms with Gasteiger partial charge < -0.3 is 30.3 Å². The van der Waals surface area contributed by atoms with Gasteiger partial charge in [0.25, 0.3) is 0 Å². The number of benzene rings is 1. The normalized spacial score (nSPS) is 29.9. The highest BCUT2D eigenvalue weighted by atomic mass is 19.1. The van der Waals surface area contributed by atoms with Crippen molar-refractivity contribution in [1.82, 2.24) is 20.9 Å². The van der Waals surface area contributed by atoms with Gasteiger partial charge in [-0.2, -0.15) is 0 Å². The lowest BCUT2D eigenvalue weighted by atomic mass is 9.73. The van der Waals surface area contributed by atoms with Gasteiger partial charge in [-0.25, -0.2) is 14.0 Å². The van der Waals surface area contributed by atoms with Crippen molar-refractivity contribution in [3.05, 3.63) is 35.1 Å². The summed E-state index contributed by atoms with van der Waals surface area (Å²) in [5.74, 6) is 3.99. The Morgan fingerprint density at radius 2 is 1.97 bits per heavy atom. The second kappa shape index (κ2) is 12.9. The van der Waals surface area contributed by atoms with Crippen LogP contribution in [0.3, 0.4) is 0 Å². The molecule has 7 atom stereocenters. The van der Waals surface area contributed by atoms with Crippen LogP contribution in [-0.4, -0.2) is 70.0 Å². The lowest BCUT2D eigenvalue weighted by Crippen LogP contribution is -2.51. The molecule has 0 unspecified atom stereocenters. The first-order valence-electron chi connectivity index (χ1n) is 14.9. The van der Waals surface area contributed by atoms with Gasteiger partial charge in [0.2, 0.25) is 0 Å². The van der Waals surface area contributed by atoms with Crippen LogP contribution in [0.15, 0.2) is 18.2 Å². The molecule has 216 valence electrons. The fourth-order valence-electron chi connectivity index (χ4n) is 8.29. The molecule has 39 heavy (non-hydrogen) atoms. The molecule has 5 fully saturated rings. The molecule has 0 aromatic heterocycles. The Balaban J connectivity index is 1.17. The zero-order valence-electron chi connectivity index (χ0n) is 23.4. The largest absolute Gasteiger partial charge is 0.447 e. The SMILES string of the molecule is CNC[C@H](C[C@H]1[C@H]2C[C@@H]3C[C@@H](C2)[C@@H]1C3)NC(=O)N1CCC[C@H](c2c(F)cccc2COCCOC(=O)NC)C1. The third kappa shape index (κ3) is 6.51. The smallest absolute Gasteiger partial charge is 0.406 e. The molecule has 1 saturated heterocycles. The first-order chi connectivity index (χ1) is 19.0. The van der Waals surface area contributed by atoms with Crippen molar-refractivity contribution in [2.45, 2.75) is 63.5 Å². The van der Waals surface area contributed by atoms with Crippen molar-refractivity contribution in [3.8, 4) is 0 Å². The minimum Gasteiger partial charge on any atom is -0.447 e. The number of carbonyl (C=O) groups is 2. The van der Waals surface area contributed by atoms with Crippen LogP contribution in [-0.2, 0) is 16.1 Å². The molecule has 4 saturated carbocycles. The molecule has 0 radical (unpaired) electrons. The maximum atomic E-state index is 15.1. The average Bonchev–Trinajstić information content (AvgIpc) is 3.35. The van der Waals surface area contributed by atoms with Crippen LogP contribution in [0.2, 0.25) is 0 Å². The number of urea groups is 1. The van der Waals surface area contributed by atoms with Crippen LogP contribution in [0.5, 0.6) is 0 Å². The second-order valence-corrected chi connectivity index (χ2v) is 12.1. The summed E-state index contributed by atoms with van der Waals surface area (Å²) in [6.45, 7) is 2.52. The topological polar surface area (TPSA) is 91.9 Å². The third-order valence-electron chi connectivity index (χ3n) is 9.76. The van der Waals surface area contributed by atoms with Crippen molar-refractivity contribution < 1.29 is 23.5 Å². The van der Waals surface area contributed by atoms with E-state index in [-0.39, 0.29) is 43.6 Å². The summed E-state index contributed by atoms with van der Waals surface area (Å²) in [6, 6.07) is 5.13. The lowest BCUT2D eigenvalue weighted by Gasteiger charge is -2.37. The minimum absolute atomic E-state index is 0.0344. The van der Waals surface area contributed by atoms with E-state index in [1.807, 2.05) is 18.0 Å². The minimum atomic E-state index is -0.509. The number of alkyl carbamates (subject to hydrolysis) is 1. The maximum Gasteiger partial charge on any atom is 0.406 e. The summed E-state index contributed by atoms with van der Waals surface area (Å²) in [7, 11) is 3.45. The average molecular weight is 545 g/mol. The fourth-order valence-corrected chi connectivity index (χ4v) is 8.29. The van der Waals surface area contributed by atoms with E-state index in [1.54, 1.807) is 6.07 Å². The van der Waals surface area contributed by atoms with Gasteiger partial charge in [0.05, 0.1) is 13.2 Å². The number of carbonyl (C=O) groups excluding carboxylic acids is 2. The van der Waals surface area contributed by atoms with Gasteiger partial charge in [0.1, 0.15) is 12.4 Å². The first-order valence-corrected chi connectivity index (χ1v) is 14.9.